The van der Waals surface area contributed by atoms with Crippen LogP contribution in [0.3, 0.4) is 0 Å². The van der Waals surface area contributed by atoms with Gasteiger partial charge in [-0.2, -0.15) is 0 Å². The van der Waals surface area contributed by atoms with E-state index in [9.17, 15) is 19.2 Å². The van der Waals surface area contributed by atoms with Crippen molar-refractivity contribution < 1.29 is 38.1 Å². The van der Waals surface area contributed by atoms with Crippen LogP contribution < -0.4 is 0 Å². The molecule has 2 rings (SSSR count). The molecule has 0 bridgehead atoms. The number of aryl methyl sites for hydroxylation is 1. The molecule has 0 radical (unpaired) electrons. The molecule has 1 aliphatic rings. The first kappa shape index (κ1) is 57.2. The zero-order valence-corrected chi connectivity index (χ0v) is 41.4. The van der Waals surface area contributed by atoms with E-state index in [1.165, 1.54) is 109 Å². The van der Waals surface area contributed by atoms with Gasteiger partial charge in [0.15, 0.2) is 0 Å². The molecular weight excluding hydrogens is 807 g/mol. The summed E-state index contributed by atoms with van der Waals surface area (Å²) in [5.41, 5.74) is 0. The maximum absolute atomic E-state index is 13.4. The van der Waals surface area contributed by atoms with Gasteiger partial charge < -0.3 is 23.5 Å². The first-order chi connectivity index (χ1) is 31.4. The smallest absolute Gasteiger partial charge is 0.323 e. The third-order valence-electron chi connectivity index (χ3n) is 12.7. The molecule has 2 atom stereocenters. The van der Waals surface area contributed by atoms with E-state index in [0.29, 0.717) is 52.1 Å². The average molecular weight is 902 g/mol. The van der Waals surface area contributed by atoms with Gasteiger partial charge in [0.25, 0.3) is 0 Å². The fourth-order valence-corrected chi connectivity index (χ4v) is 8.74. The Hall–Kier alpha value is -2.95. The summed E-state index contributed by atoms with van der Waals surface area (Å²) in [6.45, 7) is 9.23. The summed E-state index contributed by atoms with van der Waals surface area (Å²) in [7, 11) is 0. The van der Waals surface area contributed by atoms with Crippen LogP contribution in [-0.2, 0) is 44.7 Å². The maximum Gasteiger partial charge on any atom is 0.323 e. The number of likely N-dealkylation sites (tertiary alicyclic amines) is 1. The number of carbonyl (C=O) groups excluding carboxylic acids is 4. The van der Waals surface area contributed by atoms with Crippen molar-refractivity contribution in [2.45, 2.75) is 270 Å². The van der Waals surface area contributed by atoms with E-state index in [2.05, 4.69) is 30.7 Å². The van der Waals surface area contributed by atoms with Gasteiger partial charge in [-0.25, -0.2) is 4.98 Å². The van der Waals surface area contributed by atoms with E-state index >= 15 is 0 Å². The Labute approximate surface area is 390 Å². The van der Waals surface area contributed by atoms with Crippen molar-refractivity contribution in [3.63, 3.8) is 0 Å². The van der Waals surface area contributed by atoms with Gasteiger partial charge in [0.1, 0.15) is 18.2 Å². The summed E-state index contributed by atoms with van der Waals surface area (Å²) in [6.07, 6.45) is 41.3. The van der Waals surface area contributed by atoms with Crippen LogP contribution in [0.5, 0.6) is 0 Å². The van der Waals surface area contributed by atoms with Gasteiger partial charge in [0.2, 0.25) is 0 Å². The lowest BCUT2D eigenvalue weighted by Gasteiger charge is -2.22. The zero-order chi connectivity index (χ0) is 46.1. The highest BCUT2D eigenvalue weighted by atomic mass is 16.6. The number of esters is 4. The molecule has 64 heavy (non-hydrogen) atoms. The molecule has 0 amide bonds. The number of imidazole rings is 1. The summed E-state index contributed by atoms with van der Waals surface area (Å²) >= 11 is 0. The van der Waals surface area contributed by atoms with Gasteiger partial charge in [-0.1, -0.05) is 162 Å². The number of aromatic nitrogens is 2. The van der Waals surface area contributed by atoms with Crippen LogP contribution in [-0.4, -0.2) is 82.9 Å². The number of carbonyl (C=O) groups is 4. The van der Waals surface area contributed by atoms with Crippen molar-refractivity contribution >= 4 is 23.9 Å². The maximum atomic E-state index is 13.4. The minimum atomic E-state index is -0.468. The van der Waals surface area contributed by atoms with E-state index in [1.54, 1.807) is 12.5 Å². The molecule has 1 aromatic rings. The lowest BCUT2D eigenvalue weighted by atomic mass is 10.0. The Bertz CT molecular complexity index is 1260. The van der Waals surface area contributed by atoms with Gasteiger partial charge in [-0.3, -0.25) is 24.1 Å². The van der Waals surface area contributed by atoms with Crippen LogP contribution in [0.2, 0.25) is 0 Å². The van der Waals surface area contributed by atoms with Crippen LogP contribution in [0.25, 0.3) is 0 Å². The minimum Gasteiger partial charge on any atom is -0.466 e. The molecule has 0 aliphatic carbocycles. The topological polar surface area (TPSA) is 126 Å². The van der Waals surface area contributed by atoms with E-state index in [0.717, 1.165) is 89.9 Å². The first-order valence-electron chi connectivity index (χ1n) is 26.8. The molecule has 2 heterocycles. The van der Waals surface area contributed by atoms with Gasteiger partial charge in [0, 0.05) is 44.7 Å². The molecule has 11 heteroatoms. The minimum absolute atomic E-state index is 0.0544. The Balaban J connectivity index is 1.68. The molecule has 0 aromatic carbocycles. The summed E-state index contributed by atoms with van der Waals surface area (Å²) in [5, 5.41) is 0. The molecule has 11 nitrogen and oxygen atoms in total. The molecule has 1 aliphatic heterocycles. The Morgan fingerprint density at radius 2 is 1.05 bits per heavy atom. The quantitative estimate of drug-likeness (QED) is 0.0355. The van der Waals surface area contributed by atoms with Gasteiger partial charge in [-0.15, -0.1) is 0 Å². The number of hydrogen-bond acceptors (Lipinski definition) is 10. The van der Waals surface area contributed by atoms with Crippen molar-refractivity contribution in [1.82, 2.24) is 14.5 Å². The molecule has 1 aromatic heterocycles. The highest BCUT2D eigenvalue weighted by Crippen LogP contribution is 2.24. The van der Waals surface area contributed by atoms with E-state index in [-0.39, 0.29) is 42.5 Å². The second-order valence-corrected chi connectivity index (χ2v) is 18.7. The fourth-order valence-electron chi connectivity index (χ4n) is 8.74. The average Bonchev–Trinajstić information content (AvgIpc) is 3.97. The number of hydrogen-bond donors (Lipinski definition) is 0. The summed E-state index contributed by atoms with van der Waals surface area (Å²) in [5.74, 6) is -0.741. The fraction of sp³-hybridized carbons (Fsp3) is 0.868. The molecule has 0 saturated carbocycles. The molecule has 1 saturated heterocycles. The molecule has 1 fully saturated rings. The predicted molar refractivity (Wildman–Crippen MR) is 258 cm³/mol. The van der Waals surface area contributed by atoms with Gasteiger partial charge in [0.05, 0.1) is 26.0 Å². The first-order valence-corrected chi connectivity index (χ1v) is 26.8. The van der Waals surface area contributed by atoms with Crippen LogP contribution in [0.4, 0.5) is 0 Å². The number of unbranched alkanes of at least 4 members (excludes halogenated alkanes) is 24. The standard InChI is InChI=1S/C53H95N3O8/c1-4-7-10-13-16-17-18-23-31-42-61-50(57)35-29-25-30-39-56-45-48(64-52(59)37-40-55-41-38-54-46-55)44-49(56)53(60)62-43-32-24-19-22-28-36-51(58)63-47(33-26-20-14-11-8-5-2)34-27-21-15-12-9-6-3/h38,41,46-49H,4-37,39-40,42-45H2,1-3H3/t48?,49-/m0/s1. The van der Waals surface area contributed by atoms with E-state index in [4.69, 9.17) is 18.9 Å². The van der Waals surface area contributed by atoms with E-state index < -0.39 is 6.04 Å². The summed E-state index contributed by atoms with van der Waals surface area (Å²) in [4.78, 5) is 57.4. The number of rotatable bonds is 44. The SMILES string of the molecule is CCCCCCCCCCCOC(=O)CCCCCN1CC(OC(=O)CCn2ccnc2)C[C@H]1C(=O)OCCCCCCCC(=O)OC(CCCCCCCC)CCCCCCCC. The van der Waals surface area contributed by atoms with Crippen molar-refractivity contribution in [2.75, 3.05) is 26.3 Å². The summed E-state index contributed by atoms with van der Waals surface area (Å²) < 4.78 is 25.0. The summed E-state index contributed by atoms with van der Waals surface area (Å²) in [6, 6.07) is -0.468. The predicted octanol–water partition coefficient (Wildman–Crippen LogP) is 13.2. The molecular formula is C53H95N3O8. The highest BCUT2D eigenvalue weighted by Gasteiger charge is 2.39. The Morgan fingerprint density at radius 1 is 0.547 bits per heavy atom. The van der Waals surface area contributed by atoms with Crippen LogP contribution >= 0.6 is 0 Å². The van der Waals surface area contributed by atoms with Crippen LogP contribution in [0.15, 0.2) is 18.7 Å². The second kappa shape index (κ2) is 40.3. The molecule has 0 spiro atoms. The van der Waals surface area contributed by atoms with E-state index in [1.807, 2.05) is 10.8 Å². The second-order valence-electron chi connectivity index (χ2n) is 18.7. The van der Waals surface area contributed by atoms with Crippen LogP contribution in [0.1, 0.15) is 245 Å². The monoisotopic (exact) mass is 902 g/mol. The zero-order valence-electron chi connectivity index (χ0n) is 41.4. The van der Waals surface area contributed by atoms with Crippen molar-refractivity contribution in [3.8, 4) is 0 Å². The Morgan fingerprint density at radius 3 is 1.61 bits per heavy atom. The molecule has 1 unspecified atom stereocenters. The normalized spacial score (nSPS) is 15.2. The largest absolute Gasteiger partial charge is 0.466 e. The third kappa shape index (κ3) is 31.1. The number of nitrogens with zero attached hydrogens (tertiary/aromatic N) is 3. The third-order valence-corrected chi connectivity index (χ3v) is 12.7. The van der Waals surface area contributed by atoms with Crippen molar-refractivity contribution in [2.24, 2.45) is 0 Å². The Kier molecular flexibility index (Phi) is 36.0. The molecule has 370 valence electrons. The lowest BCUT2D eigenvalue weighted by molar-refractivity contribution is -0.151. The van der Waals surface area contributed by atoms with Gasteiger partial charge in [-0.05, 0) is 64.3 Å². The van der Waals surface area contributed by atoms with Crippen molar-refractivity contribution in [3.05, 3.63) is 18.7 Å². The molecule has 0 N–H and O–H groups in total. The van der Waals surface area contributed by atoms with Crippen molar-refractivity contribution in [1.29, 1.82) is 0 Å². The van der Waals surface area contributed by atoms with Crippen LogP contribution in [0, 0.1) is 0 Å². The van der Waals surface area contributed by atoms with Gasteiger partial charge >= 0.3 is 23.9 Å². The lowest BCUT2D eigenvalue weighted by Crippen LogP contribution is -2.38. The highest BCUT2D eigenvalue weighted by molar-refractivity contribution is 5.76. The number of ether oxygens (including phenoxy) is 4.